The summed E-state index contributed by atoms with van der Waals surface area (Å²) in [6, 6.07) is 7.77. The Kier molecular flexibility index (Phi) is 4.66. The summed E-state index contributed by atoms with van der Waals surface area (Å²) in [5.74, 6) is -1.40. The third-order valence-electron chi connectivity index (χ3n) is 4.54. The third kappa shape index (κ3) is 3.63. The van der Waals surface area contributed by atoms with E-state index in [2.05, 4.69) is 5.32 Å². The number of benzene rings is 1. The zero-order valence-corrected chi connectivity index (χ0v) is 12.7. The SMILES string of the molecule is Cc1ccccc1CC(=O)NC1(C)CCCCC1C(=O)O. The molecule has 114 valence electrons. The topological polar surface area (TPSA) is 66.4 Å². The maximum Gasteiger partial charge on any atom is 0.308 e. The van der Waals surface area contributed by atoms with Crippen LogP contribution in [-0.4, -0.2) is 22.5 Å². The number of aryl methyl sites for hydroxylation is 1. The molecule has 0 bridgehead atoms. The van der Waals surface area contributed by atoms with Crippen LogP contribution in [0.4, 0.5) is 0 Å². The van der Waals surface area contributed by atoms with Crippen LogP contribution in [0.15, 0.2) is 24.3 Å². The Bertz CT molecular complexity index is 541. The number of carbonyl (C=O) groups excluding carboxylic acids is 1. The predicted octanol–water partition coefficient (Wildman–Crippen LogP) is 2.69. The molecule has 2 rings (SSSR count). The van der Waals surface area contributed by atoms with E-state index < -0.39 is 17.4 Å². The number of hydrogen-bond acceptors (Lipinski definition) is 2. The molecule has 1 saturated carbocycles. The zero-order chi connectivity index (χ0) is 15.5. The number of nitrogens with one attached hydrogen (secondary N) is 1. The number of aliphatic carboxylic acids is 1. The fourth-order valence-electron chi connectivity index (χ4n) is 3.22. The van der Waals surface area contributed by atoms with Crippen LogP contribution < -0.4 is 5.32 Å². The molecule has 0 saturated heterocycles. The highest BCUT2D eigenvalue weighted by molar-refractivity contribution is 5.81. The minimum atomic E-state index is -0.812. The van der Waals surface area contributed by atoms with Crippen molar-refractivity contribution in [1.29, 1.82) is 0 Å². The van der Waals surface area contributed by atoms with E-state index in [0.717, 1.165) is 30.4 Å². The van der Waals surface area contributed by atoms with Crippen LogP contribution in [0.1, 0.15) is 43.7 Å². The van der Waals surface area contributed by atoms with Crippen molar-refractivity contribution in [3.63, 3.8) is 0 Å². The maximum atomic E-state index is 12.3. The first-order valence-corrected chi connectivity index (χ1v) is 7.51. The first-order chi connectivity index (χ1) is 9.92. The number of rotatable bonds is 4. The Balaban J connectivity index is 2.07. The lowest BCUT2D eigenvalue weighted by atomic mass is 9.74. The lowest BCUT2D eigenvalue weighted by Gasteiger charge is -2.39. The normalized spacial score (nSPS) is 25.3. The van der Waals surface area contributed by atoms with Gasteiger partial charge >= 0.3 is 5.97 Å². The Morgan fingerprint density at radius 1 is 1.33 bits per heavy atom. The van der Waals surface area contributed by atoms with Crippen LogP contribution >= 0.6 is 0 Å². The summed E-state index contributed by atoms with van der Waals surface area (Å²) >= 11 is 0. The van der Waals surface area contributed by atoms with E-state index in [1.165, 1.54) is 0 Å². The van der Waals surface area contributed by atoms with E-state index >= 15 is 0 Å². The standard InChI is InChI=1S/C17H23NO3/c1-12-7-3-4-8-13(12)11-15(19)18-17(2)10-6-5-9-14(17)16(20)21/h3-4,7-8,14H,5-6,9-11H2,1-2H3,(H,18,19)(H,20,21). The highest BCUT2D eigenvalue weighted by Crippen LogP contribution is 2.33. The van der Waals surface area contributed by atoms with Gasteiger partial charge in [-0.1, -0.05) is 37.1 Å². The first-order valence-electron chi connectivity index (χ1n) is 7.51. The Labute approximate surface area is 125 Å². The van der Waals surface area contributed by atoms with Gasteiger partial charge in [-0.2, -0.15) is 0 Å². The molecular formula is C17H23NO3. The Morgan fingerprint density at radius 3 is 2.71 bits per heavy atom. The van der Waals surface area contributed by atoms with Crippen molar-refractivity contribution in [3.8, 4) is 0 Å². The van der Waals surface area contributed by atoms with Gasteiger partial charge in [-0.05, 0) is 37.8 Å². The molecule has 1 fully saturated rings. The quantitative estimate of drug-likeness (QED) is 0.895. The molecule has 0 radical (unpaired) electrons. The molecule has 0 spiro atoms. The van der Waals surface area contributed by atoms with Gasteiger partial charge in [-0.25, -0.2) is 0 Å². The number of amides is 1. The van der Waals surface area contributed by atoms with E-state index in [-0.39, 0.29) is 5.91 Å². The smallest absolute Gasteiger partial charge is 0.308 e. The van der Waals surface area contributed by atoms with E-state index in [4.69, 9.17) is 0 Å². The van der Waals surface area contributed by atoms with Crippen LogP contribution in [0, 0.1) is 12.8 Å². The van der Waals surface area contributed by atoms with Gasteiger partial charge in [-0.15, -0.1) is 0 Å². The number of carbonyl (C=O) groups is 2. The molecule has 21 heavy (non-hydrogen) atoms. The number of carboxylic acids is 1. The van der Waals surface area contributed by atoms with Gasteiger partial charge in [0.1, 0.15) is 0 Å². The second-order valence-corrected chi connectivity index (χ2v) is 6.21. The van der Waals surface area contributed by atoms with Crippen molar-refractivity contribution in [3.05, 3.63) is 35.4 Å². The van der Waals surface area contributed by atoms with Crippen LogP contribution in [0.5, 0.6) is 0 Å². The van der Waals surface area contributed by atoms with Crippen LogP contribution in [0.3, 0.4) is 0 Å². The van der Waals surface area contributed by atoms with Gasteiger partial charge in [0.05, 0.1) is 17.9 Å². The summed E-state index contributed by atoms with van der Waals surface area (Å²) in [5, 5.41) is 12.4. The molecule has 0 heterocycles. The molecule has 0 aromatic heterocycles. The molecule has 1 aliphatic rings. The van der Waals surface area contributed by atoms with Crippen molar-refractivity contribution >= 4 is 11.9 Å². The number of hydrogen-bond donors (Lipinski definition) is 2. The summed E-state index contributed by atoms with van der Waals surface area (Å²) in [5.41, 5.74) is 1.43. The van der Waals surface area contributed by atoms with E-state index in [9.17, 15) is 14.7 Å². The van der Waals surface area contributed by atoms with Crippen molar-refractivity contribution in [1.82, 2.24) is 5.32 Å². The maximum absolute atomic E-state index is 12.3. The second kappa shape index (κ2) is 6.29. The van der Waals surface area contributed by atoms with Crippen LogP contribution in [0.2, 0.25) is 0 Å². The summed E-state index contributed by atoms with van der Waals surface area (Å²) in [6.07, 6.45) is 3.54. The fourth-order valence-corrected chi connectivity index (χ4v) is 3.22. The largest absolute Gasteiger partial charge is 0.481 e. The van der Waals surface area contributed by atoms with Gasteiger partial charge in [0.2, 0.25) is 5.91 Å². The highest BCUT2D eigenvalue weighted by atomic mass is 16.4. The van der Waals surface area contributed by atoms with Gasteiger partial charge in [-0.3, -0.25) is 9.59 Å². The molecule has 4 nitrogen and oxygen atoms in total. The molecule has 2 N–H and O–H groups in total. The van der Waals surface area contributed by atoms with Crippen molar-refractivity contribution in [2.24, 2.45) is 5.92 Å². The molecular weight excluding hydrogens is 266 g/mol. The van der Waals surface area contributed by atoms with Gasteiger partial charge in [0, 0.05) is 0 Å². The Hall–Kier alpha value is -1.84. The van der Waals surface area contributed by atoms with Crippen LogP contribution in [0.25, 0.3) is 0 Å². The molecule has 1 aromatic rings. The average molecular weight is 289 g/mol. The van der Waals surface area contributed by atoms with Crippen LogP contribution in [-0.2, 0) is 16.0 Å². The third-order valence-corrected chi connectivity index (χ3v) is 4.54. The molecule has 2 unspecified atom stereocenters. The Morgan fingerprint density at radius 2 is 2.05 bits per heavy atom. The summed E-state index contributed by atoms with van der Waals surface area (Å²) in [4.78, 5) is 23.7. The van der Waals surface area contributed by atoms with Crippen molar-refractivity contribution in [2.45, 2.75) is 51.5 Å². The zero-order valence-electron chi connectivity index (χ0n) is 12.7. The summed E-state index contributed by atoms with van der Waals surface area (Å²) < 4.78 is 0. The molecule has 4 heteroatoms. The minimum Gasteiger partial charge on any atom is -0.481 e. The molecule has 1 amide bonds. The second-order valence-electron chi connectivity index (χ2n) is 6.21. The predicted molar refractivity (Wildman–Crippen MR) is 81.0 cm³/mol. The number of carboxylic acid groups (broad SMARTS) is 1. The lowest BCUT2D eigenvalue weighted by molar-refractivity contribution is -0.146. The lowest BCUT2D eigenvalue weighted by Crippen LogP contribution is -2.55. The minimum absolute atomic E-state index is 0.0973. The monoisotopic (exact) mass is 289 g/mol. The summed E-state index contributed by atoms with van der Waals surface area (Å²) in [6.45, 7) is 3.84. The average Bonchev–Trinajstić information content (AvgIpc) is 2.41. The molecule has 2 atom stereocenters. The van der Waals surface area contributed by atoms with E-state index in [1.54, 1.807) is 0 Å². The molecule has 1 aromatic carbocycles. The fraction of sp³-hybridized carbons (Fsp3) is 0.529. The van der Waals surface area contributed by atoms with Crippen molar-refractivity contribution < 1.29 is 14.7 Å². The van der Waals surface area contributed by atoms with E-state index in [0.29, 0.717) is 12.8 Å². The van der Waals surface area contributed by atoms with Gasteiger partial charge in [0.25, 0.3) is 0 Å². The van der Waals surface area contributed by atoms with Crippen molar-refractivity contribution in [2.75, 3.05) is 0 Å². The highest BCUT2D eigenvalue weighted by Gasteiger charge is 2.42. The first kappa shape index (κ1) is 15.5. The molecule has 0 aliphatic heterocycles. The van der Waals surface area contributed by atoms with E-state index in [1.807, 2.05) is 38.1 Å². The van der Waals surface area contributed by atoms with Gasteiger partial charge in [0.15, 0.2) is 0 Å². The molecule has 1 aliphatic carbocycles. The summed E-state index contributed by atoms with van der Waals surface area (Å²) in [7, 11) is 0. The van der Waals surface area contributed by atoms with Gasteiger partial charge < -0.3 is 10.4 Å².